The number of epoxide rings is 2. The van der Waals surface area contributed by atoms with Crippen LogP contribution in [0.15, 0.2) is 0 Å². The standard InChI is InChI=1S/C6H10O6S/c7-13(8,9)6(5-3-11-5)12-2-4-1-10-4/h4-6H,1-3H2,(H,7,8,9). The first-order chi connectivity index (χ1) is 6.07. The summed E-state index contributed by atoms with van der Waals surface area (Å²) < 4.78 is 44.8. The number of ether oxygens (including phenoxy) is 3. The van der Waals surface area contributed by atoms with Crippen LogP contribution in [0, 0.1) is 0 Å². The average Bonchev–Trinajstić information content (AvgIpc) is 2.79. The number of rotatable bonds is 5. The van der Waals surface area contributed by atoms with E-state index in [-0.39, 0.29) is 12.7 Å². The van der Waals surface area contributed by atoms with Crippen molar-refractivity contribution in [3.05, 3.63) is 0 Å². The van der Waals surface area contributed by atoms with Gasteiger partial charge in [0.1, 0.15) is 12.2 Å². The molecule has 6 nitrogen and oxygen atoms in total. The summed E-state index contributed by atoms with van der Waals surface area (Å²) in [6.45, 7) is 1.09. The van der Waals surface area contributed by atoms with E-state index in [1.807, 2.05) is 0 Å². The van der Waals surface area contributed by atoms with E-state index >= 15 is 0 Å². The monoisotopic (exact) mass is 210 g/mol. The van der Waals surface area contributed by atoms with Crippen molar-refractivity contribution >= 4 is 10.1 Å². The van der Waals surface area contributed by atoms with Gasteiger partial charge in [0.2, 0.25) is 5.44 Å². The molecule has 2 fully saturated rings. The van der Waals surface area contributed by atoms with E-state index < -0.39 is 21.7 Å². The minimum absolute atomic E-state index is 0.0250. The summed E-state index contributed by atoms with van der Waals surface area (Å²) in [5.41, 5.74) is -1.25. The van der Waals surface area contributed by atoms with Crippen LogP contribution in [-0.2, 0) is 24.3 Å². The fourth-order valence-corrected chi connectivity index (χ4v) is 1.76. The summed E-state index contributed by atoms with van der Waals surface area (Å²) in [4.78, 5) is 0. The van der Waals surface area contributed by atoms with Crippen molar-refractivity contribution in [2.45, 2.75) is 17.6 Å². The zero-order valence-corrected chi connectivity index (χ0v) is 7.57. The fraction of sp³-hybridized carbons (Fsp3) is 1.00. The molecule has 0 radical (unpaired) electrons. The molecule has 2 rings (SSSR count). The lowest BCUT2D eigenvalue weighted by atomic mass is 10.5. The SMILES string of the molecule is O=S(=O)(O)C(OCC1CO1)C1CO1. The Morgan fingerprint density at radius 3 is 2.46 bits per heavy atom. The van der Waals surface area contributed by atoms with E-state index in [1.165, 1.54) is 0 Å². The molecule has 0 aromatic carbocycles. The first-order valence-electron chi connectivity index (χ1n) is 3.88. The largest absolute Gasteiger partial charge is 0.371 e. The third-order valence-electron chi connectivity index (χ3n) is 1.81. The van der Waals surface area contributed by atoms with E-state index in [1.54, 1.807) is 0 Å². The van der Waals surface area contributed by atoms with Crippen molar-refractivity contribution in [3.8, 4) is 0 Å². The minimum atomic E-state index is -4.17. The number of hydrogen-bond acceptors (Lipinski definition) is 5. The van der Waals surface area contributed by atoms with Gasteiger partial charge < -0.3 is 14.2 Å². The van der Waals surface area contributed by atoms with Gasteiger partial charge in [-0.25, -0.2) is 0 Å². The molecular weight excluding hydrogens is 200 g/mol. The summed E-state index contributed by atoms with van der Waals surface area (Å²) in [5.74, 6) is 0. The minimum Gasteiger partial charge on any atom is -0.371 e. The highest BCUT2D eigenvalue weighted by atomic mass is 32.2. The second-order valence-corrected chi connectivity index (χ2v) is 4.54. The molecule has 3 atom stereocenters. The third-order valence-corrected chi connectivity index (χ3v) is 2.83. The lowest BCUT2D eigenvalue weighted by Crippen LogP contribution is -2.30. The first kappa shape index (κ1) is 9.35. The normalized spacial score (nSPS) is 34.2. The summed E-state index contributed by atoms with van der Waals surface area (Å²) >= 11 is 0. The molecule has 3 unspecified atom stereocenters. The van der Waals surface area contributed by atoms with Crippen molar-refractivity contribution in [2.75, 3.05) is 19.8 Å². The van der Waals surface area contributed by atoms with Gasteiger partial charge in [-0.2, -0.15) is 8.42 Å². The van der Waals surface area contributed by atoms with Gasteiger partial charge in [-0.15, -0.1) is 0 Å². The van der Waals surface area contributed by atoms with E-state index in [0.29, 0.717) is 13.2 Å². The molecule has 76 valence electrons. The van der Waals surface area contributed by atoms with Crippen molar-refractivity contribution in [2.24, 2.45) is 0 Å². The quantitative estimate of drug-likeness (QED) is 0.463. The smallest absolute Gasteiger partial charge is 0.295 e. The summed E-state index contributed by atoms with van der Waals surface area (Å²) in [7, 11) is -4.17. The Hall–Kier alpha value is -0.210. The number of hydrogen-bond donors (Lipinski definition) is 1. The summed E-state index contributed by atoms with van der Waals surface area (Å²) in [6, 6.07) is 0. The predicted octanol–water partition coefficient (Wildman–Crippen LogP) is -0.985. The third kappa shape index (κ3) is 2.61. The maximum absolute atomic E-state index is 10.8. The maximum atomic E-state index is 10.8. The topological polar surface area (TPSA) is 88.7 Å². The summed E-state index contributed by atoms with van der Waals surface area (Å²) in [5, 5.41) is 0. The van der Waals surface area contributed by atoms with Crippen LogP contribution in [0.1, 0.15) is 0 Å². The molecule has 2 heterocycles. The molecule has 0 amide bonds. The van der Waals surface area contributed by atoms with E-state index in [0.717, 1.165) is 0 Å². The second-order valence-electron chi connectivity index (χ2n) is 3.04. The van der Waals surface area contributed by atoms with Crippen LogP contribution in [0.2, 0.25) is 0 Å². The Labute approximate surface area is 75.5 Å². The molecule has 0 aromatic rings. The van der Waals surface area contributed by atoms with Crippen LogP contribution in [0.3, 0.4) is 0 Å². The molecule has 0 aliphatic carbocycles. The Morgan fingerprint density at radius 1 is 1.46 bits per heavy atom. The second kappa shape index (κ2) is 3.18. The van der Waals surface area contributed by atoms with Crippen LogP contribution in [0.5, 0.6) is 0 Å². The van der Waals surface area contributed by atoms with Gasteiger partial charge in [0.15, 0.2) is 0 Å². The van der Waals surface area contributed by atoms with Gasteiger partial charge in [-0.05, 0) is 0 Å². The van der Waals surface area contributed by atoms with Crippen molar-refractivity contribution in [3.63, 3.8) is 0 Å². The van der Waals surface area contributed by atoms with Gasteiger partial charge in [0, 0.05) is 0 Å². The molecule has 2 aliphatic rings. The molecule has 0 spiro atoms. The lowest BCUT2D eigenvalue weighted by molar-refractivity contribution is 0.0674. The van der Waals surface area contributed by atoms with Crippen LogP contribution < -0.4 is 0 Å². The lowest BCUT2D eigenvalue weighted by Gasteiger charge is -2.10. The maximum Gasteiger partial charge on any atom is 0.295 e. The molecule has 2 saturated heterocycles. The van der Waals surface area contributed by atoms with E-state index in [9.17, 15) is 8.42 Å². The predicted molar refractivity (Wildman–Crippen MR) is 40.8 cm³/mol. The molecule has 0 aromatic heterocycles. The average molecular weight is 210 g/mol. The first-order valence-corrected chi connectivity index (χ1v) is 5.39. The molecule has 0 bridgehead atoms. The molecule has 2 aliphatic heterocycles. The van der Waals surface area contributed by atoms with E-state index in [2.05, 4.69) is 0 Å². The van der Waals surface area contributed by atoms with Crippen LogP contribution >= 0.6 is 0 Å². The van der Waals surface area contributed by atoms with Gasteiger partial charge in [0.05, 0.1) is 19.8 Å². The van der Waals surface area contributed by atoms with E-state index in [4.69, 9.17) is 18.8 Å². The Bertz CT molecular complexity index is 277. The highest BCUT2D eigenvalue weighted by molar-refractivity contribution is 7.86. The highest BCUT2D eigenvalue weighted by Gasteiger charge is 2.43. The van der Waals surface area contributed by atoms with Gasteiger partial charge >= 0.3 is 0 Å². The Kier molecular flexibility index (Phi) is 2.28. The molecule has 1 N–H and O–H groups in total. The van der Waals surface area contributed by atoms with Gasteiger partial charge in [0.25, 0.3) is 10.1 Å². The zero-order valence-electron chi connectivity index (χ0n) is 6.75. The van der Waals surface area contributed by atoms with Crippen LogP contribution in [0.25, 0.3) is 0 Å². The molecule has 7 heteroatoms. The van der Waals surface area contributed by atoms with Crippen molar-refractivity contribution in [1.82, 2.24) is 0 Å². The molecule has 0 saturated carbocycles. The fourth-order valence-electron chi connectivity index (χ4n) is 0.964. The van der Waals surface area contributed by atoms with Gasteiger partial charge in [-0.1, -0.05) is 0 Å². The van der Waals surface area contributed by atoms with Crippen LogP contribution in [-0.4, -0.2) is 50.4 Å². The van der Waals surface area contributed by atoms with Crippen LogP contribution in [0.4, 0.5) is 0 Å². The molecule has 13 heavy (non-hydrogen) atoms. The zero-order chi connectivity index (χ0) is 9.47. The van der Waals surface area contributed by atoms with Gasteiger partial charge in [-0.3, -0.25) is 4.55 Å². The molecular formula is C6H10O6S. The van der Waals surface area contributed by atoms with Crippen molar-refractivity contribution < 1.29 is 27.2 Å². The summed E-state index contributed by atoms with van der Waals surface area (Å²) in [6.07, 6.45) is -0.545. The Morgan fingerprint density at radius 2 is 2.08 bits per heavy atom. The highest BCUT2D eigenvalue weighted by Crippen LogP contribution is 2.22. The Balaban J connectivity index is 1.88. The van der Waals surface area contributed by atoms with Crippen molar-refractivity contribution in [1.29, 1.82) is 0 Å².